The van der Waals surface area contributed by atoms with Crippen LogP contribution in [0, 0.1) is 28.6 Å². The van der Waals surface area contributed by atoms with E-state index in [4.69, 9.17) is 11.6 Å². The number of carbonyl (C=O) groups excluding carboxylic acids is 2. The van der Waals surface area contributed by atoms with Gasteiger partial charge in [0.15, 0.2) is 5.78 Å². The lowest BCUT2D eigenvalue weighted by atomic mass is 9.45. The number of hydrogen-bond acceptors (Lipinski definition) is 3. The molecule has 3 nitrogen and oxygen atoms in total. The zero-order chi connectivity index (χ0) is 18.2. The van der Waals surface area contributed by atoms with Gasteiger partial charge in [0.05, 0.1) is 11.0 Å². The minimum atomic E-state index is -0.715. The first-order chi connectivity index (χ1) is 11.6. The Morgan fingerprint density at radius 3 is 2.60 bits per heavy atom. The van der Waals surface area contributed by atoms with Gasteiger partial charge in [-0.3, -0.25) is 9.59 Å². The maximum atomic E-state index is 12.2. The first-order valence-electron chi connectivity index (χ1n) is 9.76. The molecular weight excluding hydrogens is 336 g/mol. The minimum absolute atomic E-state index is 0.0473. The number of allylic oxidation sites excluding steroid dienone is 1. The third-order valence-electron chi connectivity index (χ3n) is 8.53. The van der Waals surface area contributed by atoms with Gasteiger partial charge >= 0.3 is 0 Å². The average Bonchev–Trinajstić information content (AvgIpc) is 2.87. The van der Waals surface area contributed by atoms with E-state index in [1.54, 1.807) is 13.0 Å². The van der Waals surface area contributed by atoms with Crippen molar-refractivity contribution in [3.05, 3.63) is 11.6 Å². The molecule has 25 heavy (non-hydrogen) atoms. The average molecular weight is 365 g/mol. The summed E-state index contributed by atoms with van der Waals surface area (Å²) in [6.07, 6.45) is 6.77. The molecule has 4 aliphatic carbocycles. The topological polar surface area (TPSA) is 54.4 Å². The third kappa shape index (κ3) is 2.09. The van der Waals surface area contributed by atoms with Crippen LogP contribution in [0.15, 0.2) is 11.6 Å². The van der Waals surface area contributed by atoms with Crippen LogP contribution in [-0.4, -0.2) is 27.7 Å². The second-order valence-electron chi connectivity index (χ2n) is 9.45. The van der Waals surface area contributed by atoms with Crippen LogP contribution in [0.5, 0.6) is 0 Å². The summed E-state index contributed by atoms with van der Waals surface area (Å²) in [5.41, 5.74) is 0.676. The number of rotatable bonds is 1. The fourth-order valence-electron chi connectivity index (χ4n) is 7.24. The van der Waals surface area contributed by atoms with Crippen molar-refractivity contribution in [1.82, 2.24) is 0 Å². The highest BCUT2D eigenvalue weighted by atomic mass is 35.5. The molecule has 1 N–H and O–H groups in total. The molecule has 4 rings (SSSR count). The molecule has 0 bridgehead atoms. The van der Waals surface area contributed by atoms with E-state index in [2.05, 4.69) is 13.8 Å². The summed E-state index contributed by atoms with van der Waals surface area (Å²) in [6, 6.07) is 0. The lowest BCUT2D eigenvalue weighted by molar-refractivity contribution is -0.137. The fourth-order valence-corrected chi connectivity index (χ4v) is 7.79. The third-order valence-corrected chi connectivity index (χ3v) is 9.48. The van der Waals surface area contributed by atoms with Gasteiger partial charge in [-0.25, -0.2) is 0 Å². The van der Waals surface area contributed by atoms with Crippen LogP contribution < -0.4 is 0 Å². The van der Waals surface area contributed by atoms with E-state index < -0.39 is 11.0 Å². The Labute approximate surface area is 155 Å². The van der Waals surface area contributed by atoms with Gasteiger partial charge in [-0.2, -0.15) is 0 Å². The highest BCUT2D eigenvalue weighted by Gasteiger charge is 2.69. The van der Waals surface area contributed by atoms with Crippen molar-refractivity contribution in [1.29, 1.82) is 0 Å². The summed E-state index contributed by atoms with van der Waals surface area (Å²) in [7, 11) is 0. The number of hydrogen-bond donors (Lipinski definition) is 1. The van der Waals surface area contributed by atoms with Crippen LogP contribution in [0.4, 0.5) is 0 Å². The van der Waals surface area contributed by atoms with Crippen LogP contribution in [0.2, 0.25) is 0 Å². The molecule has 0 aromatic heterocycles. The minimum Gasteiger partial charge on any atom is -0.391 e. The zero-order valence-corrected chi connectivity index (χ0v) is 16.2. The molecule has 0 aliphatic heterocycles. The van der Waals surface area contributed by atoms with Crippen molar-refractivity contribution in [2.45, 2.75) is 76.7 Å². The predicted molar refractivity (Wildman–Crippen MR) is 97.4 cm³/mol. The van der Waals surface area contributed by atoms with Crippen molar-refractivity contribution in [3.63, 3.8) is 0 Å². The van der Waals surface area contributed by atoms with Crippen LogP contribution in [0.3, 0.4) is 0 Å². The molecule has 0 radical (unpaired) electrons. The summed E-state index contributed by atoms with van der Waals surface area (Å²) in [5.74, 6) is 1.09. The van der Waals surface area contributed by atoms with Gasteiger partial charge in [-0.15, -0.1) is 11.6 Å². The Bertz CT molecular complexity index is 670. The zero-order valence-electron chi connectivity index (χ0n) is 15.5. The van der Waals surface area contributed by atoms with Crippen molar-refractivity contribution < 1.29 is 14.7 Å². The SMILES string of the molecule is CC(=O)C1CC[C@H]2[C@@H]3CCC4=CC(=O)CC[C@]4(C)[C@@]3(Cl)[C@@H](O)C[C@]12C. The number of Topliss-reactive ketones (excluding diaryl/α,β-unsaturated/α-hetero) is 1. The van der Waals surface area contributed by atoms with E-state index in [-0.39, 0.29) is 34.2 Å². The first-order valence-corrected chi connectivity index (χ1v) is 10.1. The normalized spacial score (nSPS) is 52.0. The Morgan fingerprint density at radius 1 is 1.20 bits per heavy atom. The number of fused-ring (bicyclic) bond motifs is 5. The van der Waals surface area contributed by atoms with Gasteiger partial charge in [-0.1, -0.05) is 19.4 Å². The lowest BCUT2D eigenvalue weighted by Gasteiger charge is -2.64. The van der Waals surface area contributed by atoms with Gasteiger partial charge in [0, 0.05) is 17.8 Å². The van der Waals surface area contributed by atoms with E-state index >= 15 is 0 Å². The summed E-state index contributed by atoms with van der Waals surface area (Å²) < 4.78 is 0. The summed E-state index contributed by atoms with van der Waals surface area (Å²) in [5, 5.41) is 11.3. The molecule has 0 aromatic carbocycles. The number of aliphatic hydroxyl groups excluding tert-OH is 1. The molecule has 138 valence electrons. The van der Waals surface area contributed by atoms with Gasteiger partial charge in [-0.05, 0) is 68.8 Å². The molecule has 4 heteroatoms. The van der Waals surface area contributed by atoms with E-state index in [9.17, 15) is 14.7 Å². The summed E-state index contributed by atoms with van der Waals surface area (Å²) in [6.45, 7) is 6.06. The standard InChI is InChI=1S/C21H29ClO3/c1-12(23)15-6-7-16-17-5-4-13-10-14(24)8-9-20(13,3)21(17,22)18(25)11-19(15,16)2/h10,15-18,25H,4-9,11H2,1-3H3/t15?,16-,17-,18-,19+,20-,21-/m0/s1. The van der Waals surface area contributed by atoms with E-state index in [0.29, 0.717) is 18.8 Å². The molecule has 3 fully saturated rings. The fraction of sp³-hybridized carbons (Fsp3) is 0.810. The second-order valence-corrected chi connectivity index (χ2v) is 10.1. The Balaban J connectivity index is 1.79. The first kappa shape index (κ1) is 17.7. The quantitative estimate of drug-likeness (QED) is 0.714. The van der Waals surface area contributed by atoms with Gasteiger partial charge in [0.2, 0.25) is 0 Å². The van der Waals surface area contributed by atoms with Crippen LogP contribution >= 0.6 is 11.6 Å². The van der Waals surface area contributed by atoms with Crippen molar-refractivity contribution in [3.8, 4) is 0 Å². The molecule has 0 aromatic rings. The van der Waals surface area contributed by atoms with Gasteiger partial charge < -0.3 is 5.11 Å². The smallest absolute Gasteiger partial charge is 0.155 e. The molecule has 4 aliphatic rings. The molecule has 0 amide bonds. The number of aliphatic hydroxyl groups is 1. The van der Waals surface area contributed by atoms with Crippen LogP contribution in [0.1, 0.15) is 65.7 Å². The van der Waals surface area contributed by atoms with Gasteiger partial charge in [0.1, 0.15) is 5.78 Å². The molecular formula is C21H29ClO3. The molecule has 0 saturated heterocycles. The Hall–Kier alpha value is -0.670. The van der Waals surface area contributed by atoms with Crippen molar-refractivity contribution in [2.75, 3.05) is 0 Å². The number of ketones is 2. The highest BCUT2D eigenvalue weighted by molar-refractivity contribution is 6.26. The van der Waals surface area contributed by atoms with Crippen molar-refractivity contribution >= 4 is 23.2 Å². The van der Waals surface area contributed by atoms with E-state index in [0.717, 1.165) is 37.7 Å². The lowest BCUT2D eigenvalue weighted by Crippen LogP contribution is -2.66. The Kier molecular flexibility index (Phi) is 3.84. The number of carbonyl (C=O) groups is 2. The van der Waals surface area contributed by atoms with Crippen LogP contribution in [-0.2, 0) is 9.59 Å². The summed E-state index contributed by atoms with van der Waals surface area (Å²) >= 11 is 7.36. The summed E-state index contributed by atoms with van der Waals surface area (Å²) in [4.78, 5) is 23.4. The predicted octanol–water partition coefficient (Wildman–Crippen LogP) is 4.06. The maximum absolute atomic E-state index is 12.2. The Morgan fingerprint density at radius 2 is 1.92 bits per heavy atom. The molecule has 1 unspecified atom stereocenters. The monoisotopic (exact) mass is 364 g/mol. The highest BCUT2D eigenvalue weighted by Crippen LogP contribution is 2.70. The molecule has 7 atom stereocenters. The van der Waals surface area contributed by atoms with E-state index in [1.165, 1.54) is 0 Å². The van der Waals surface area contributed by atoms with Crippen molar-refractivity contribution in [2.24, 2.45) is 28.6 Å². The second kappa shape index (κ2) is 5.42. The molecule has 3 saturated carbocycles. The van der Waals surface area contributed by atoms with Gasteiger partial charge in [0.25, 0.3) is 0 Å². The van der Waals surface area contributed by atoms with Crippen LogP contribution in [0.25, 0.3) is 0 Å². The number of halogens is 1. The molecule has 0 spiro atoms. The van der Waals surface area contributed by atoms with E-state index in [1.807, 2.05) is 0 Å². The largest absolute Gasteiger partial charge is 0.391 e. The maximum Gasteiger partial charge on any atom is 0.155 e. The number of alkyl halides is 1. The molecule has 0 heterocycles.